The molecule has 0 spiro atoms. The fraction of sp³-hybridized carbons (Fsp3) is 0.280. The molecule has 1 aliphatic heterocycles. The predicted molar refractivity (Wildman–Crippen MR) is 136 cm³/mol. The van der Waals surface area contributed by atoms with Crippen molar-refractivity contribution in [3.63, 3.8) is 0 Å². The zero-order valence-electron chi connectivity index (χ0n) is 20.9. The summed E-state index contributed by atoms with van der Waals surface area (Å²) < 4.78 is 16.3. The minimum absolute atomic E-state index is 0. The van der Waals surface area contributed by atoms with Gasteiger partial charge in [-0.1, -0.05) is 17.4 Å². The van der Waals surface area contributed by atoms with E-state index in [-0.39, 0.29) is 35.1 Å². The van der Waals surface area contributed by atoms with Gasteiger partial charge in [-0.05, 0) is 38.0 Å². The molecule has 0 aliphatic carbocycles. The largest absolute Gasteiger partial charge is 1.00 e. The number of rotatable bonds is 6. The van der Waals surface area contributed by atoms with Crippen LogP contribution in [0.15, 0.2) is 42.9 Å². The summed E-state index contributed by atoms with van der Waals surface area (Å²) in [5.41, 5.74) is 2.13. The fourth-order valence-electron chi connectivity index (χ4n) is 4.27. The first kappa shape index (κ1) is 27.4. The number of benzene rings is 1. The second-order valence-corrected chi connectivity index (χ2v) is 9.53. The van der Waals surface area contributed by atoms with Gasteiger partial charge in [-0.15, -0.1) is 0 Å². The molecule has 0 radical (unpaired) electrons. The Hall–Kier alpha value is -3.59. The number of nitrogens with zero attached hydrogens (tertiary/aromatic N) is 5. The molecule has 1 aromatic carbocycles. The van der Waals surface area contributed by atoms with Crippen molar-refractivity contribution in [2.24, 2.45) is 5.92 Å². The van der Waals surface area contributed by atoms with Gasteiger partial charge in [-0.2, -0.15) is 0 Å². The molecule has 0 unspecified atom stereocenters. The van der Waals surface area contributed by atoms with Gasteiger partial charge in [-0.25, -0.2) is 24.1 Å². The number of anilines is 2. The van der Waals surface area contributed by atoms with Gasteiger partial charge in [0.15, 0.2) is 10.9 Å². The number of halogens is 1. The summed E-state index contributed by atoms with van der Waals surface area (Å²) in [5, 5.41) is 16.7. The molecule has 1 aliphatic rings. The van der Waals surface area contributed by atoms with Crippen LogP contribution < -0.4 is 39.5 Å². The number of carbonyl (C=O) groups excluding carboxylic acids is 2. The number of pyridine rings is 1. The summed E-state index contributed by atoms with van der Waals surface area (Å²) in [6.07, 6.45) is 5.66. The number of piperidine rings is 1. The smallest absolute Gasteiger partial charge is 0.550 e. The zero-order chi connectivity index (χ0) is 25.9. The molecular weight excluding hydrogens is 504 g/mol. The van der Waals surface area contributed by atoms with Gasteiger partial charge in [0.2, 0.25) is 5.95 Å². The molecule has 4 aromatic rings. The first-order chi connectivity index (χ1) is 17.9. The van der Waals surface area contributed by atoms with Gasteiger partial charge < -0.3 is 20.1 Å². The summed E-state index contributed by atoms with van der Waals surface area (Å²) in [6.45, 7) is 3.25. The maximum Gasteiger partial charge on any atom is 1.00 e. The van der Waals surface area contributed by atoms with E-state index >= 15 is 4.39 Å². The average Bonchev–Trinajstić information content (AvgIpc) is 3.34. The SMILES string of the molecule is CCNC(=O)Nc1nc2c(F)c(-c3cnc(N4CCC(C(=O)[O-])CC4)nc3)cc(-c3ccccn3)c2s1.[Li+]. The molecule has 0 atom stereocenters. The Morgan fingerprint density at radius 3 is 2.53 bits per heavy atom. The van der Waals surface area contributed by atoms with Crippen LogP contribution in [0.1, 0.15) is 19.8 Å². The number of aromatic nitrogens is 4. The number of thiazole rings is 1. The van der Waals surface area contributed by atoms with Gasteiger partial charge >= 0.3 is 24.9 Å². The van der Waals surface area contributed by atoms with Crippen LogP contribution in [-0.4, -0.2) is 51.6 Å². The number of carboxylic acid groups (broad SMARTS) is 1. The van der Waals surface area contributed by atoms with Crippen LogP contribution in [0.4, 0.5) is 20.3 Å². The van der Waals surface area contributed by atoms with E-state index in [2.05, 4.69) is 30.6 Å². The number of urea groups is 1. The van der Waals surface area contributed by atoms with Crippen molar-refractivity contribution in [2.45, 2.75) is 19.8 Å². The minimum atomic E-state index is -1.03. The van der Waals surface area contributed by atoms with Crippen LogP contribution in [-0.2, 0) is 4.79 Å². The van der Waals surface area contributed by atoms with Crippen LogP contribution >= 0.6 is 11.3 Å². The summed E-state index contributed by atoms with van der Waals surface area (Å²) in [7, 11) is 0. The number of hydrogen-bond acceptors (Lipinski definition) is 9. The molecule has 4 heterocycles. The van der Waals surface area contributed by atoms with Gasteiger partial charge in [0, 0.05) is 66.8 Å². The monoisotopic (exact) mass is 527 g/mol. The number of nitrogens with one attached hydrogen (secondary N) is 2. The predicted octanol–water partition coefficient (Wildman–Crippen LogP) is 0.0661. The summed E-state index contributed by atoms with van der Waals surface area (Å²) in [6, 6.07) is 6.73. The first-order valence-electron chi connectivity index (χ1n) is 11.8. The van der Waals surface area contributed by atoms with E-state index in [0.717, 1.165) is 0 Å². The Labute approximate surface area is 233 Å². The van der Waals surface area contributed by atoms with E-state index in [9.17, 15) is 14.7 Å². The Morgan fingerprint density at radius 1 is 1.16 bits per heavy atom. The van der Waals surface area contributed by atoms with E-state index in [0.29, 0.717) is 59.9 Å². The molecule has 3 aromatic heterocycles. The molecule has 0 saturated carbocycles. The summed E-state index contributed by atoms with van der Waals surface area (Å²) in [4.78, 5) is 42.7. The number of carbonyl (C=O) groups is 2. The van der Waals surface area contributed by atoms with Crippen LogP contribution in [0.3, 0.4) is 0 Å². The standard InChI is InChI=1S/C25H24FN7O3S.Li/c1-2-27-24(36)32-25-31-20-19(26)16(11-17(21(20)37-25)18-5-3-4-8-28-18)15-12-29-23(30-13-15)33-9-6-14(7-10-33)22(34)35;/h3-5,8,11-14H,2,6-7,9-10H2,1H3,(H,34,35)(H2,27,31,32,36);/q;+1/p-1. The maximum atomic E-state index is 15.8. The third-order valence-corrected chi connectivity index (χ3v) is 7.17. The van der Waals surface area contributed by atoms with Crippen molar-refractivity contribution in [3.05, 3.63) is 48.7 Å². The molecule has 0 bridgehead atoms. The molecule has 2 amide bonds. The van der Waals surface area contributed by atoms with Crippen molar-refractivity contribution < 1.29 is 37.9 Å². The van der Waals surface area contributed by atoms with E-state index < -0.39 is 23.7 Å². The van der Waals surface area contributed by atoms with Crippen molar-refractivity contribution in [2.75, 3.05) is 29.9 Å². The third-order valence-electron chi connectivity index (χ3n) is 6.16. The van der Waals surface area contributed by atoms with E-state index in [4.69, 9.17) is 0 Å². The molecular formula is C25H23FLiN7O3S. The topological polar surface area (TPSA) is 136 Å². The normalized spacial score (nSPS) is 13.7. The van der Waals surface area contributed by atoms with Crippen molar-refractivity contribution in [1.29, 1.82) is 0 Å². The molecule has 38 heavy (non-hydrogen) atoms. The second-order valence-electron chi connectivity index (χ2n) is 8.53. The van der Waals surface area contributed by atoms with Crippen LogP contribution in [0.25, 0.3) is 32.6 Å². The zero-order valence-corrected chi connectivity index (χ0v) is 21.7. The number of aliphatic carboxylic acids is 1. The fourth-order valence-corrected chi connectivity index (χ4v) is 5.25. The second kappa shape index (κ2) is 11.9. The Kier molecular flexibility index (Phi) is 8.56. The molecule has 2 N–H and O–H groups in total. The third kappa shape index (κ3) is 5.62. The molecule has 5 rings (SSSR count). The summed E-state index contributed by atoms with van der Waals surface area (Å²) in [5.74, 6) is -1.60. The molecule has 10 nitrogen and oxygen atoms in total. The van der Waals surface area contributed by atoms with Gasteiger partial charge in [0.25, 0.3) is 0 Å². The average molecular weight is 528 g/mol. The van der Waals surface area contributed by atoms with Gasteiger partial charge in [0.05, 0.1) is 10.4 Å². The number of hydrogen-bond donors (Lipinski definition) is 2. The molecule has 13 heteroatoms. The molecule has 1 fully saturated rings. The van der Waals surface area contributed by atoms with Crippen molar-refractivity contribution in [3.8, 4) is 22.4 Å². The van der Waals surface area contributed by atoms with Crippen LogP contribution in [0.5, 0.6) is 0 Å². The van der Waals surface area contributed by atoms with Gasteiger partial charge in [-0.3, -0.25) is 10.3 Å². The van der Waals surface area contributed by atoms with E-state index in [1.807, 2.05) is 17.0 Å². The van der Waals surface area contributed by atoms with Crippen molar-refractivity contribution >= 4 is 44.6 Å². The Bertz CT molecular complexity index is 1450. The Balaban J connectivity index is 0.00000336. The quantitative estimate of drug-likeness (QED) is 0.336. The summed E-state index contributed by atoms with van der Waals surface area (Å²) >= 11 is 1.17. The number of fused-ring (bicyclic) bond motifs is 1. The minimum Gasteiger partial charge on any atom is -0.550 e. The van der Waals surface area contributed by atoms with Crippen molar-refractivity contribution in [1.82, 2.24) is 25.3 Å². The Morgan fingerprint density at radius 2 is 1.89 bits per heavy atom. The first-order valence-corrected chi connectivity index (χ1v) is 12.6. The molecule has 190 valence electrons. The van der Waals surface area contributed by atoms with Crippen LogP contribution in [0, 0.1) is 11.7 Å². The van der Waals surface area contributed by atoms with E-state index in [1.165, 1.54) is 11.3 Å². The maximum absolute atomic E-state index is 15.8. The number of amides is 2. The number of carboxylic acids is 1. The molecule has 1 saturated heterocycles. The van der Waals surface area contributed by atoms with Crippen LogP contribution in [0.2, 0.25) is 0 Å². The van der Waals surface area contributed by atoms with E-state index in [1.54, 1.807) is 37.6 Å². The van der Waals surface area contributed by atoms with Gasteiger partial charge in [0.1, 0.15) is 5.52 Å².